The SMILES string of the molecule is CC(=O)NCc1ccc(C(=O)Nc2ccc(N3CCCC3=O)cc2)cc1. The van der Waals surface area contributed by atoms with Crippen LogP contribution in [0.15, 0.2) is 48.5 Å². The van der Waals surface area contributed by atoms with Gasteiger partial charge in [0.1, 0.15) is 0 Å². The molecule has 0 atom stereocenters. The Morgan fingerprint density at radius 1 is 1.04 bits per heavy atom. The fourth-order valence-corrected chi connectivity index (χ4v) is 2.85. The highest BCUT2D eigenvalue weighted by Gasteiger charge is 2.21. The molecule has 1 heterocycles. The number of carbonyl (C=O) groups is 3. The van der Waals surface area contributed by atoms with Crippen LogP contribution in [-0.2, 0) is 16.1 Å². The molecule has 0 spiro atoms. The van der Waals surface area contributed by atoms with Gasteiger partial charge >= 0.3 is 0 Å². The molecule has 2 N–H and O–H groups in total. The average molecular weight is 351 g/mol. The lowest BCUT2D eigenvalue weighted by atomic mass is 10.1. The summed E-state index contributed by atoms with van der Waals surface area (Å²) in [5.74, 6) is -0.159. The van der Waals surface area contributed by atoms with Gasteiger partial charge in [0.25, 0.3) is 5.91 Å². The average Bonchev–Trinajstić information content (AvgIpc) is 3.07. The number of benzene rings is 2. The molecule has 1 saturated heterocycles. The van der Waals surface area contributed by atoms with Crippen LogP contribution in [0.4, 0.5) is 11.4 Å². The summed E-state index contributed by atoms with van der Waals surface area (Å²) in [6.07, 6.45) is 1.48. The van der Waals surface area contributed by atoms with Crippen molar-refractivity contribution in [1.82, 2.24) is 5.32 Å². The maximum atomic E-state index is 12.3. The minimum Gasteiger partial charge on any atom is -0.352 e. The van der Waals surface area contributed by atoms with E-state index >= 15 is 0 Å². The quantitative estimate of drug-likeness (QED) is 0.869. The van der Waals surface area contributed by atoms with Crippen molar-refractivity contribution < 1.29 is 14.4 Å². The number of nitrogens with zero attached hydrogens (tertiary/aromatic N) is 1. The predicted molar refractivity (Wildman–Crippen MR) is 99.9 cm³/mol. The molecule has 134 valence electrons. The maximum Gasteiger partial charge on any atom is 0.255 e. The fourth-order valence-electron chi connectivity index (χ4n) is 2.85. The summed E-state index contributed by atoms with van der Waals surface area (Å²) in [4.78, 5) is 36.8. The Labute approximate surface area is 152 Å². The topological polar surface area (TPSA) is 78.5 Å². The smallest absolute Gasteiger partial charge is 0.255 e. The number of nitrogens with one attached hydrogen (secondary N) is 2. The first-order chi connectivity index (χ1) is 12.5. The number of rotatable bonds is 5. The van der Waals surface area contributed by atoms with E-state index in [4.69, 9.17) is 0 Å². The van der Waals surface area contributed by atoms with Gasteiger partial charge in [-0.15, -0.1) is 0 Å². The highest BCUT2D eigenvalue weighted by atomic mass is 16.2. The Kier molecular flexibility index (Phi) is 5.31. The van der Waals surface area contributed by atoms with Crippen LogP contribution in [0.2, 0.25) is 0 Å². The molecule has 0 aliphatic carbocycles. The molecule has 1 aliphatic heterocycles. The number of amides is 3. The summed E-state index contributed by atoms with van der Waals surface area (Å²) in [5.41, 5.74) is 2.99. The van der Waals surface area contributed by atoms with E-state index in [9.17, 15) is 14.4 Å². The summed E-state index contributed by atoms with van der Waals surface area (Å²) in [6.45, 7) is 2.65. The molecule has 0 bridgehead atoms. The van der Waals surface area contributed by atoms with E-state index in [0.717, 1.165) is 24.2 Å². The van der Waals surface area contributed by atoms with Crippen LogP contribution in [0, 0.1) is 0 Å². The molecule has 1 aliphatic rings. The lowest BCUT2D eigenvalue weighted by molar-refractivity contribution is -0.119. The molecule has 0 aromatic heterocycles. The largest absolute Gasteiger partial charge is 0.352 e. The van der Waals surface area contributed by atoms with E-state index in [1.54, 1.807) is 29.2 Å². The summed E-state index contributed by atoms with van der Waals surface area (Å²) in [5, 5.41) is 5.56. The van der Waals surface area contributed by atoms with Crippen molar-refractivity contribution in [2.24, 2.45) is 0 Å². The summed E-state index contributed by atoms with van der Waals surface area (Å²) in [7, 11) is 0. The van der Waals surface area contributed by atoms with Gasteiger partial charge in [0.2, 0.25) is 11.8 Å². The van der Waals surface area contributed by atoms with Gasteiger partial charge in [-0.25, -0.2) is 0 Å². The molecule has 3 rings (SSSR count). The summed E-state index contributed by atoms with van der Waals surface area (Å²) < 4.78 is 0. The number of anilines is 2. The van der Waals surface area contributed by atoms with Crippen molar-refractivity contribution >= 4 is 29.1 Å². The van der Waals surface area contributed by atoms with Gasteiger partial charge in [-0.3, -0.25) is 14.4 Å². The number of hydrogen-bond donors (Lipinski definition) is 2. The zero-order chi connectivity index (χ0) is 18.5. The zero-order valence-electron chi connectivity index (χ0n) is 14.6. The van der Waals surface area contributed by atoms with Gasteiger partial charge in [-0.1, -0.05) is 12.1 Å². The minimum atomic E-state index is -0.207. The third kappa shape index (κ3) is 4.27. The van der Waals surface area contributed by atoms with Crippen molar-refractivity contribution in [3.8, 4) is 0 Å². The van der Waals surface area contributed by atoms with E-state index in [0.29, 0.717) is 24.2 Å². The highest BCUT2D eigenvalue weighted by molar-refractivity contribution is 6.04. The van der Waals surface area contributed by atoms with E-state index < -0.39 is 0 Å². The van der Waals surface area contributed by atoms with Gasteiger partial charge in [-0.2, -0.15) is 0 Å². The van der Waals surface area contributed by atoms with Crippen LogP contribution in [0.1, 0.15) is 35.7 Å². The normalized spacial score (nSPS) is 13.6. The molecule has 0 radical (unpaired) electrons. The second-order valence-corrected chi connectivity index (χ2v) is 6.26. The summed E-state index contributed by atoms with van der Waals surface area (Å²) >= 11 is 0. The van der Waals surface area contributed by atoms with Crippen molar-refractivity contribution in [2.75, 3.05) is 16.8 Å². The van der Waals surface area contributed by atoms with Gasteiger partial charge in [0.15, 0.2) is 0 Å². The lowest BCUT2D eigenvalue weighted by Gasteiger charge is -2.16. The molecular formula is C20H21N3O3. The first-order valence-corrected chi connectivity index (χ1v) is 8.58. The van der Waals surface area contributed by atoms with E-state index in [2.05, 4.69) is 10.6 Å². The van der Waals surface area contributed by atoms with Crippen LogP contribution in [0.25, 0.3) is 0 Å². The zero-order valence-corrected chi connectivity index (χ0v) is 14.6. The van der Waals surface area contributed by atoms with Crippen LogP contribution in [-0.4, -0.2) is 24.3 Å². The Morgan fingerprint density at radius 2 is 1.73 bits per heavy atom. The van der Waals surface area contributed by atoms with Crippen molar-refractivity contribution in [1.29, 1.82) is 0 Å². The molecule has 3 amide bonds. The first-order valence-electron chi connectivity index (χ1n) is 8.58. The Bertz CT molecular complexity index is 813. The van der Waals surface area contributed by atoms with Gasteiger partial charge in [0.05, 0.1) is 0 Å². The van der Waals surface area contributed by atoms with Crippen LogP contribution in [0.3, 0.4) is 0 Å². The van der Waals surface area contributed by atoms with Crippen molar-refractivity contribution in [3.05, 3.63) is 59.7 Å². The number of carbonyl (C=O) groups excluding carboxylic acids is 3. The molecule has 6 nitrogen and oxygen atoms in total. The van der Waals surface area contributed by atoms with Gasteiger partial charge < -0.3 is 15.5 Å². The lowest BCUT2D eigenvalue weighted by Crippen LogP contribution is -2.23. The van der Waals surface area contributed by atoms with E-state index in [1.807, 2.05) is 24.3 Å². The Morgan fingerprint density at radius 3 is 2.31 bits per heavy atom. The van der Waals surface area contributed by atoms with Crippen LogP contribution >= 0.6 is 0 Å². The number of hydrogen-bond acceptors (Lipinski definition) is 3. The van der Waals surface area contributed by atoms with E-state index in [-0.39, 0.29) is 17.7 Å². The third-order valence-corrected chi connectivity index (χ3v) is 4.27. The molecule has 0 saturated carbocycles. The first kappa shape index (κ1) is 17.7. The molecule has 0 unspecified atom stereocenters. The standard InChI is InChI=1S/C20H21N3O3/c1-14(24)21-13-15-4-6-16(7-5-15)20(26)22-17-8-10-18(11-9-17)23-12-2-3-19(23)25/h4-11H,2-3,12-13H2,1H3,(H,21,24)(H,22,26). The molecule has 1 fully saturated rings. The fraction of sp³-hybridized carbons (Fsp3) is 0.250. The monoisotopic (exact) mass is 351 g/mol. The molecule has 26 heavy (non-hydrogen) atoms. The Balaban J connectivity index is 1.60. The van der Waals surface area contributed by atoms with Crippen molar-refractivity contribution in [3.63, 3.8) is 0 Å². The van der Waals surface area contributed by atoms with Gasteiger partial charge in [-0.05, 0) is 48.4 Å². The highest BCUT2D eigenvalue weighted by Crippen LogP contribution is 2.23. The Hall–Kier alpha value is -3.15. The van der Waals surface area contributed by atoms with E-state index in [1.165, 1.54) is 6.92 Å². The third-order valence-electron chi connectivity index (χ3n) is 4.27. The second-order valence-electron chi connectivity index (χ2n) is 6.26. The molecule has 6 heteroatoms. The molecule has 2 aromatic rings. The molecular weight excluding hydrogens is 330 g/mol. The van der Waals surface area contributed by atoms with Gasteiger partial charge in [0, 0.05) is 43.4 Å². The van der Waals surface area contributed by atoms with Crippen LogP contribution in [0.5, 0.6) is 0 Å². The van der Waals surface area contributed by atoms with Crippen molar-refractivity contribution in [2.45, 2.75) is 26.3 Å². The van der Waals surface area contributed by atoms with Crippen LogP contribution < -0.4 is 15.5 Å². The molecule has 2 aromatic carbocycles. The minimum absolute atomic E-state index is 0.0918. The maximum absolute atomic E-state index is 12.3. The summed E-state index contributed by atoms with van der Waals surface area (Å²) in [6, 6.07) is 14.4. The second kappa shape index (κ2) is 7.82. The predicted octanol–water partition coefficient (Wildman–Crippen LogP) is 2.70.